The molecule has 0 amide bonds. The Hall–Kier alpha value is -2.04. The average Bonchev–Trinajstić information content (AvgIpc) is 2.25. The van der Waals surface area contributed by atoms with Crippen molar-refractivity contribution in [3.05, 3.63) is 38.5 Å². The van der Waals surface area contributed by atoms with Crippen LogP contribution in [0.1, 0.15) is 25.5 Å². The van der Waals surface area contributed by atoms with Crippen molar-refractivity contribution in [1.29, 1.82) is 0 Å². The normalized spacial score (nSPS) is 11.3. The quantitative estimate of drug-likeness (QED) is 0.813. The second kappa shape index (κ2) is 3.76. The lowest BCUT2D eigenvalue weighted by Gasteiger charge is -2.08. The number of phenols is 1. The fourth-order valence-electron chi connectivity index (χ4n) is 1.68. The minimum atomic E-state index is -0.622. The molecule has 0 bridgehead atoms. The lowest BCUT2D eigenvalue weighted by molar-refractivity contribution is 0.201. The highest BCUT2D eigenvalue weighted by Crippen LogP contribution is 2.20. The number of fused-ring (bicyclic) bond motifs is 1. The molecule has 5 heteroatoms. The van der Waals surface area contributed by atoms with Crippen molar-refractivity contribution in [1.82, 2.24) is 4.74 Å². The summed E-state index contributed by atoms with van der Waals surface area (Å²) in [4.78, 5) is 23.7. The van der Waals surface area contributed by atoms with E-state index in [-0.39, 0.29) is 28.1 Å². The Bertz CT molecular complexity index is 694. The molecule has 0 saturated carbocycles. The van der Waals surface area contributed by atoms with Crippen LogP contribution in [0.15, 0.2) is 26.2 Å². The number of hydrogen-bond donors (Lipinski definition) is 1. The molecule has 2 rings (SSSR count). The van der Waals surface area contributed by atoms with Crippen molar-refractivity contribution >= 4 is 10.8 Å². The van der Waals surface area contributed by atoms with Crippen LogP contribution < -0.4 is 11.2 Å². The maximum Gasteiger partial charge on any atom is 0.364 e. The molecule has 0 aliphatic carbocycles. The Morgan fingerprint density at radius 2 is 1.88 bits per heavy atom. The molecule has 1 N–H and O–H groups in total. The third-order valence-electron chi connectivity index (χ3n) is 2.64. The van der Waals surface area contributed by atoms with E-state index in [2.05, 4.69) is 0 Å². The predicted octanol–water partition coefficient (Wildman–Crippen LogP) is 1.55. The van der Waals surface area contributed by atoms with Gasteiger partial charge in [-0.1, -0.05) is 0 Å². The Balaban J connectivity index is 3.00. The SMILES string of the molecule is Cc1cc2c(=O)n(C(C)C)oc(=O)c2cc1O. The van der Waals surface area contributed by atoms with Gasteiger partial charge in [-0.05, 0) is 38.5 Å². The first-order valence-corrected chi connectivity index (χ1v) is 5.31. The van der Waals surface area contributed by atoms with E-state index in [0.29, 0.717) is 5.56 Å². The maximum absolute atomic E-state index is 12.0. The van der Waals surface area contributed by atoms with Gasteiger partial charge >= 0.3 is 5.63 Å². The molecule has 5 nitrogen and oxygen atoms in total. The van der Waals surface area contributed by atoms with Crippen molar-refractivity contribution in [2.75, 3.05) is 0 Å². The zero-order valence-electron chi connectivity index (χ0n) is 9.85. The minimum Gasteiger partial charge on any atom is -0.508 e. The number of nitrogens with zero attached hydrogens (tertiary/aromatic N) is 1. The number of benzene rings is 1. The second-order valence-corrected chi connectivity index (χ2v) is 4.29. The summed E-state index contributed by atoms with van der Waals surface area (Å²) in [5.41, 5.74) is -0.434. The van der Waals surface area contributed by atoms with Gasteiger partial charge < -0.3 is 9.63 Å². The molecule has 0 fully saturated rings. The van der Waals surface area contributed by atoms with Crippen LogP contribution >= 0.6 is 0 Å². The summed E-state index contributed by atoms with van der Waals surface area (Å²) < 4.78 is 5.96. The van der Waals surface area contributed by atoms with Gasteiger partial charge in [0.1, 0.15) is 5.75 Å². The Kier molecular flexibility index (Phi) is 2.53. The molecule has 0 unspecified atom stereocenters. The van der Waals surface area contributed by atoms with Gasteiger partial charge in [0, 0.05) is 0 Å². The van der Waals surface area contributed by atoms with Gasteiger partial charge in [0.25, 0.3) is 5.56 Å². The minimum absolute atomic E-state index is 0.0218. The monoisotopic (exact) mass is 235 g/mol. The molecule has 1 aromatic carbocycles. The number of hydrogen-bond acceptors (Lipinski definition) is 4. The first-order chi connectivity index (χ1) is 7.91. The molecule has 0 radical (unpaired) electrons. The largest absolute Gasteiger partial charge is 0.508 e. The highest BCUT2D eigenvalue weighted by Gasteiger charge is 2.13. The third-order valence-corrected chi connectivity index (χ3v) is 2.64. The van der Waals surface area contributed by atoms with E-state index < -0.39 is 5.63 Å². The van der Waals surface area contributed by atoms with Crippen molar-refractivity contribution in [2.24, 2.45) is 0 Å². The van der Waals surface area contributed by atoms with E-state index in [1.54, 1.807) is 20.8 Å². The summed E-state index contributed by atoms with van der Waals surface area (Å²) in [5, 5.41) is 9.90. The maximum atomic E-state index is 12.0. The fourth-order valence-corrected chi connectivity index (χ4v) is 1.68. The van der Waals surface area contributed by atoms with Gasteiger partial charge in [-0.25, -0.2) is 4.79 Å². The molecule has 2 aromatic rings. The smallest absolute Gasteiger partial charge is 0.364 e. The van der Waals surface area contributed by atoms with Crippen LogP contribution in [0.3, 0.4) is 0 Å². The number of aromatic nitrogens is 1. The lowest BCUT2D eigenvalue weighted by atomic mass is 10.1. The molecular formula is C12H13NO4. The predicted molar refractivity (Wildman–Crippen MR) is 63.5 cm³/mol. The molecule has 0 saturated heterocycles. The van der Waals surface area contributed by atoms with Crippen LogP contribution in [0.25, 0.3) is 10.8 Å². The Labute approximate surface area is 96.9 Å². The fraction of sp³-hybridized carbons (Fsp3) is 0.333. The van der Waals surface area contributed by atoms with E-state index in [1.165, 1.54) is 12.1 Å². The van der Waals surface area contributed by atoms with E-state index in [9.17, 15) is 14.7 Å². The Morgan fingerprint density at radius 3 is 2.47 bits per heavy atom. The van der Waals surface area contributed by atoms with Gasteiger partial charge in [0.05, 0.1) is 16.8 Å². The van der Waals surface area contributed by atoms with Gasteiger partial charge in [0.15, 0.2) is 0 Å². The van der Waals surface area contributed by atoms with E-state index in [1.807, 2.05) is 0 Å². The third kappa shape index (κ3) is 1.73. The van der Waals surface area contributed by atoms with Gasteiger partial charge in [-0.3, -0.25) is 4.79 Å². The summed E-state index contributed by atoms with van der Waals surface area (Å²) in [6, 6.07) is 2.54. The topological polar surface area (TPSA) is 72.4 Å². The highest BCUT2D eigenvalue weighted by atomic mass is 16.5. The summed E-state index contributed by atoms with van der Waals surface area (Å²) in [6.07, 6.45) is 0. The summed E-state index contributed by atoms with van der Waals surface area (Å²) >= 11 is 0. The van der Waals surface area contributed by atoms with Crippen molar-refractivity contribution < 1.29 is 9.63 Å². The first kappa shape index (κ1) is 11.4. The molecule has 17 heavy (non-hydrogen) atoms. The molecule has 1 aromatic heterocycles. The van der Waals surface area contributed by atoms with Gasteiger partial charge in [-0.2, -0.15) is 4.74 Å². The van der Waals surface area contributed by atoms with Crippen LogP contribution in [0, 0.1) is 6.92 Å². The molecular weight excluding hydrogens is 222 g/mol. The molecule has 0 aliphatic rings. The zero-order chi connectivity index (χ0) is 12.7. The van der Waals surface area contributed by atoms with Crippen LogP contribution in [-0.4, -0.2) is 9.85 Å². The lowest BCUT2D eigenvalue weighted by Crippen LogP contribution is -2.26. The van der Waals surface area contributed by atoms with E-state index in [0.717, 1.165) is 4.74 Å². The molecule has 90 valence electrons. The first-order valence-electron chi connectivity index (χ1n) is 5.31. The van der Waals surface area contributed by atoms with Crippen molar-refractivity contribution in [3.63, 3.8) is 0 Å². The summed E-state index contributed by atoms with van der Waals surface area (Å²) in [7, 11) is 0. The number of phenolic OH excluding ortho intramolecular Hbond substituents is 1. The molecule has 1 heterocycles. The number of aryl methyl sites for hydroxylation is 1. The van der Waals surface area contributed by atoms with Crippen molar-refractivity contribution in [3.8, 4) is 5.75 Å². The van der Waals surface area contributed by atoms with Crippen LogP contribution in [0.4, 0.5) is 0 Å². The molecule has 0 atom stereocenters. The van der Waals surface area contributed by atoms with Gasteiger partial charge in [0.2, 0.25) is 0 Å². The van der Waals surface area contributed by atoms with Crippen molar-refractivity contribution in [2.45, 2.75) is 26.8 Å². The van der Waals surface area contributed by atoms with Crippen LogP contribution in [0.2, 0.25) is 0 Å². The number of rotatable bonds is 1. The van der Waals surface area contributed by atoms with E-state index in [4.69, 9.17) is 4.52 Å². The highest BCUT2D eigenvalue weighted by molar-refractivity contribution is 5.82. The second-order valence-electron chi connectivity index (χ2n) is 4.29. The number of aromatic hydroxyl groups is 1. The zero-order valence-corrected chi connectivity index (χ0v) is 9.85. The summed E-state index contributed by atoms with van der Waals surface area (Å²) in [5.74, 6) is -0.0218. The standard InChI is InChI=1S/C12H13NO4/c1-6(2)13-11(15)8-4-7(3)10(14)5-9(8)12(16)17-13/h4-6,14H,1-3H3. The Morgan fingerprint density at radius 1 is 1.24 bits per heavy atom. The average molecular weight is 235 g/mol. The van der Waals surface area contributed by atoms with Gasteiger partial charge in [-0.15, -0.1) is 0 Å². The van der Waals surface area contributed by atoms with Crippen LogP contribution in [-0.2, 0) is 0 Å². The molecule has 0 spiro atoms. The van der Waals surface area contributed by atoms with E-state index >= 15 is 0 Å². The molecule has 0 aliphatic heterocycles. The summed E-state index contributed by atoms with van der Waals surface area (Å²) in [6.45, 7) is 5.18. The van der Waals surface area contributed by atoms with Crippen LogP contribution in [0.5, 0.6) is 5.75 Å².